The molecule has 0 unspecified atom stereocenters. The van der Waals surface area contributed by atoms with Crippen LogP contribution in [0.2, 0.25) is 5.02 Å². The van der Waals surface area contributed by atoms with Crippen molar-refractivity contribution < 1.29 is 31.8 Å². The predicted octanol–water partition coefficient (Wildman–Crippen LogP) is 4.35. The van der Waals surface area contributed by atoms with Crippen LogP contribution in [-0.2, 0) is 4.74 Å². The highest BCUT2D eigenvalue weighted by atomic mass is 35.5. The molecule has 30 heavy (non-hydrogen) atoms. The Morgan fingerprint density at radius 3 is 2.63 bits per heavy atom. The van der Waals surface area contributed by atoms with E-state index in [0.29, 0.717) is 6.07 Å². The Kier molecular flexibility index (Phi) is 6.40. The number of ether oxygens (including phenoxy) is 2. The summed E-state index contributed by atoms with van der Waals surface area (Å²) in [5.41, 5.74) is 4.85. The fraction of sp³-hybridized carbons (Fsp3) is 0.167. The van der Waals surface area contributed by atoms with Gasteiger partial charge in [0.2, 0.25) is 0 Å². The van der Waals surface area contributed by atoms with Crippen molar-refractivity contribution >= 4 is 17.7 Å². The normalized spacial score (nSPS) is 12.1. The molecule has 1 heterocycles. The molecule has 158 valence electrons. The Bertz CT molecular complexity index is 1060. The van der Waals surface area contributed by atoms with Crippen LogP contribution in [-0.4, -0.2) is 27.7 Å². The molecule has 12 heteroatoms. The van der Waals surface area contributed by atoms with Gasteiger partial charge in [0.1, 0.15) is 18.1 Å². The highest BCUT2D eigenvalue weighted by Crippen LogP contribution is 2.30. The number of hydrogen-bond donors (Lipinski definition) is 1. The van der Waals surface area contributed by atoms with Crippen molar-refractivity contribution in [3.63, 3.8) is 0 Å². The summed E-state index contributed by atoms with van der Waals surface area (Å²) in [7, 11) is 0. The third-order valence-corrected chi connectivity index (χ3v) is 4.23. The number of aromatic nitrogens is 3. The lowest BCUT2D eigenvalue weighted by atomic mass is 10.1. The molecule has 0 bridgehead atoms. The fourth-order valence-electron chi connectivity index (χ4n) is 2.57. The van der Waals surface area contributed by atoms with Crippen molar-refractivity contribution in [1.82, 2.24) is 15.0 Å². The minimum atomic E-state index is -2.87. The monoisotopic (exact) mass is 444 g/mol. The Morgan fingerprint density at radius 1 is 1.20 bits per heavy atom. The van der Waals surface area contributed by atoms with Crippen molar-refractivity contribution in [1.29, 1.82) is 0 Å². The van der Waals surface area contributed by atoms with Gasteiger partial charge in [-0.3, -0.25) is 0 Å². The maximum Gasteiger partial charge on any atom is 0.405 e. The van der Waals surface area contributed by atoms with Crippen LogP contribution in [0.3, 0.4) is 0 Å². The second-order valence-corrected chi connectivity index (χ2v) is 6.30. The number of halogens is 5. The molecule has 2 N–H and O–H groups in total. The lowest BCUT2D eigenvalue weighted by Crippen LogP contribution is -2.22. The highest BCUT2D eigenvalue weighted by Gasteiger charge is 2.22. The third-order valence-electron chi connectivity index (χ3n) is 3.91. The largest absolute Gasteiger partial charge is 0.486 e. The van der Waals surface area contributed by atoms with Gasteiger partial charge >= 0.3 is 6.09 Å². The smallest absolute Gasteiger partial charge is 0.405 e. The minimum absolute atomic E-state index is 0.0352. The number of nitrogens with two attached hydrogens (primary N) is 1. The average Bonchev–Trinajstić information content (AvgIpc) is 3.16. The number of benzene rings is 2. The zero-order chi connectivity index (χ0) is 21.8. The van der Waals surface area contributed by atoms with Crippen LogP contribution >= 0.6 is 11.6 Å². The number of alkyl halides is 2. The van der Waals surface area contributed by atoms with Crippen LogP contribution in [0.5, 0.6) is 5.75 Å². The number of amides is 1. The molecule has 3 rings (SSSR count). The van der Waals surface area contributed by atoms with E-state index in [0.717, 1.165) is 23.0 Å². The van der Waals surface area contributed by atoms with E-state index in [4.69, 9.17) is 26.8 Å². The predicted molar refractivity (Wildman–Crippen MR) is 96.6 cm³/mol. The molecule has 0 spiro atoms. The van der Waals surface area contributed by atoms with Crippen LogP contribution < -0.4 is 10.5 Å². The van der Waals surface area contributed by atoms with Gasteiger partial charge in [0.15, 0.2) is 17.7 Å². The molecular weight excluding hydrogens is 432 g/mol. The van der Waals surface area contributed by atoms with E-state index in [1.165, 1.54) is 18.2 Å². The van der Waals surface area contributed by atoms with E-state index >= 15 is 0 Å². The zero-order valence-corrected chi connectivity index (χ0v) is 15.7. The van der Waals surface area contributed by atoms with E-state index in [-0.39, 0.29) is 22.0 Å². The summed E-state index contributed by atoms with van der Waals surface area (Å²) in [6.45, 7) is -0.411. The maximum absolute atomic E-state index is 13.8. The lowest BCUT2D eigenvalue weighted by molar-refractivity contribution is 0.0700. The number of carbonyl (C=O) groups is 1. The summed E-state index contributed by atoms with van der Waals surface area (Å²) in [4.78, 5) is 11.3. The Balaban J connectivity index is 1.92. The molecule has 0 aliphatic carbocycles. The van der Waals surface area contributed by atoms with Crippen molar-refractivity contribution in [2.45, 2.75) is 12.5 Å². The standard InChI is InChI=1S/C18H13ClF4N4O3/c19-11-3-1-9(5-13(11)27-14(17(22)23)7-25-26-27)16(30-18(24)28)8-29-15-4-2-10(20)6-12(15)21/h1-7,16-17H,8H2,(H2,24,28)/t16-/m1/s1. The number of primary amides is 1. The summed E-state index contributed by atoms with van der Waals surface area (Å²) < 4.78 is 64.3. The first-order chi connectivity index (χ1) is 14.3. The number of nitrogens with zero attached hydrogens (tertiary/aromatic N) is 3. The second kappa shape index (κ2) is 8.99. The van der Waals surface area contributed by atoms with Crippen LogP contribution in [0.4, 0.5) is 22.4 Å². The van der Waals surface area contributed by atoms with Gasteiger partial charge in [-0.05, 0) is 29.8 Å². The number of hydrogen-bond acceptors (Lipinski definition) is 5. The van der Waals surface area contributed by atoms with Gasteiger partial charge in [0, 0.05) is 6.07 Å². The molecule has 1 atom stereocenters. The number of rotatable bonds is 7. The first kappa shape index (κ1) is 21.4. The van der Waals surface area contributed by atoms with E-state index in [1.807, 2.05) is 0 Å². The maximum atomic E-state index is 13.8. The van der Waals surface area contributed by atoms with Crippen molar-refractivity contribution in [3.8, 4) is 11.4 Å². The molecule has 2 aromatic carbocycles. The van der Waals surface area contributed by atoms with Gasteiger partial charge in [-0.15, -0.1) is 5.10 Å². The van der Waals surface area contributed by atoms with Crippen molar-refractivity contribution in [2.24, 2.45) is 5.73 Å². The fourth-order valence-corrected chi connectivity index (χ4v) is 2.77. The van der Waals surface area contributed by atoms with E-state index < -0.39 is 42.6 Å². The first-order valence-corrected chi connectivity index (χ1v) is 8.66. The van der Waals surface area contributed by atoms with Crippen LogP contribution in [0.15, 0.2) is 42.6 Å². The van der Waals surface area contributed by atoms with Crippen LogP contribution in [0.25, 0.3) is 5.69 Å². The van der Waals surface area contributed by atoms with E-state index in [1.54, 1.807) is 0 Å². The van der Waals surface area contributed by atoms with E-state index in [2.05, 4.69) is 10.3 Å². The summed E-state index contributed by atoms with van der Waals surface area (Å²) in [6.07, 6.45) is -4.32. The molecule has 0 aliphatic heterocycles. The molecule has 0 saturated carbocycles. The Morgan fingerprint density at radius 2 is 1.97 bits per heavy atom. The quantitative estimate of drug-likeness (QED) is 0.547. The number of carbonyl (C=O) groups excluding carboxylic acids is 1. The summed E-state index contributed by atoms with van der Waals surface area (Å²) in [5.74, 6) is -2.05. The molecule has 3 aromatic rings. The third kappa shape index (κ3) is 4.79. The van der Waals surface area contributed by atoms with Gasteiger partial charge in [0.05, 0.1) is 16.9 Å². The molecule has 7 nitrogen and oxygen atoms in total. The van der Waals surface area contributed by atoms with E-state index in [9.17, 15) is 22.4 Å². The van der Waals surface area contributed by atoms with Crippen LogP contribution in [0, 0.1) is 11.6 Å². The molecule has 0 fully saturated rings. The summed E-state index contributed by atoms with van der Waals surface area (Å²) in [5, 5.41) is 7.11. The van der Waals surface area contributed by atoms with Gasteiger partial charge in [-0.25, -0.2) is 27.0 Å². The van der Waals surface area contributed by atoms with Crippen LogP contribution in [0.1, 0.15) is 23.8 Å². The van der Waals surface area contributed by atoms with Gasteiger partial charge in [-0.2, -0.15) is 0 Å². The molecule has 0 radical (unpaired) electrons. The average molecular weight is 445 g/mol. The Hall–Kier alpha value is -3.34. The van der Waals surface area contributed by atoms with Gasteiger partial charge < -0.3 is 15.2 Å². The highest BCUT2D eigenvalue weighted by molar-refractivity contribution is 6.32. The molecular formula is C18H13ClF4N4O3. The van der Waals surface area contributed by atoms with Gasteiger partial charge in [0.25, 0.3) is 6.43 Å². The summed E-state index contributed by atoms with van der Waals surface area (Å²) in [6, 6.07) is 6.78. The first-order valence-electron chi connectivity index (χ1n) is 8.28. The summed E-state index contributed by atoms with van der Waals surface area (Å²) >= 11 is 6.10. The van der Waals surface area contributed by atoms with Crippen molar-refractivity contribution in [2.75, 3.05) is 6.61 Å². The zero-order valence-electron chi connectivity index (χ0n) is 14.9. The molecule has 0 aliphatic rings. The lowest BCUT2D eigenvalue weighted by Gasteiger charge is -2.19. The molecule has 0 saturated heterocycles. The molecule has 1 aromatic heterocycles. The molecule has 1 amide bonds. The van der Waals surface area contributed by atoms with Crippen molar-refractivity contribution in [3.05, 3.63) is 70.5 Å². The second-order valence-electron chi connectivity index (χ2n) is 5.89. The topological polar surface area (TPSA) is 92.3 Å². The minimum Gasteiger partial charge on any atom is -0.486 e. The Labute approximate surface area is 171 Å². The SMILES string of the molecule is NC(=O)O[C@H](COc1ccc(F)cc1F)c1ccc(Cl)c(-n2nncc2C(F)F)c1. The van der Waals surface area contributed by atoms with Gasteiger partial charge in [-0.1, -0.05) is 22.9 Å².